The van der Waals surface area contributed by atoms with Gasteiger partial charge in [-0.2, -0.15) is 0 Å². The molecule has 0 saturated carbocycles. The standard InChI is InChI=1S/C12H10Br2O2/c13-9-1-2-10(11(14)6-9)12(15)5-8-3-4-16-7-8/h1-4,6-7,12,15H,5H2. The van der Waals surface area contributed by atoms with Gasteiger partial charge >= 0.3 is 0 Å². The third-order valence-corrected chi connectivity index (χ3v) is 3.51. The summed E-state index contributed by atoms with van der Waals surface area (Å²) in [6, 6.07) is 7.60. The third kappa shape index (κ3) is 2.75. The van der Waals surface area contributed by atoms with Gasteiger partial charge in [0.25, 0.3) is 0 Å². The maximum atomic E-state index is 10.1. The van der Waals surface area contributed by atoms with Crippen LogP contribution in [-0.4, -0.2) is 5.11 Å². The molecule has 0 fully saturated rings. The van der Waals surface area contributed by atoms with Crippen molar-refractivity contribution in [3.8, 4) is 0 Å². The Bertz CT molecular complexity index is 466. The molecule has 0 spiro atoms. The van der Waals surface area contributed by atoms with Gasteiger partial charge in [-0.25, -0.2) is 0 Å². The van der Waals surface area contributed by atoms with E-state index in [4.69, 9.17) is 4.42 Å². The third-order valence-electron chi connectivity index (χ3n) is 2.33. The average Bonchev–Trinajstić information content (AvgIpc) is 2.70. The zero-order valence-corrected chi connectivity index (χ0v) is 11.5. The second-order valence-corrected chi connectivity index (χ2v) is 5.29. The van der Waals surface area contributed by atoms with Crippen LogP contribution < -0.4 is 0 Å². The molecule has 0 saturated heterocycles. The molecule has 1 aromatic carbocycles. The van der Waals surface area contributed by atoms with E-state index in [9.17, 15) is 5.11 Å². The lowest BCUT2D eigenvalue weighted by Gasteiger charge is -2.12. The van der Waals surface area contributed by atoms with Gasteiger partial charge in [0.05, 0.1) is 18.6 Å². The lowest BCUT2D eigenvalue weighted by Crippen LogP contribution is -2.01. The van der Waals surface area contributed by atoms with Gasteiger partial charge in [0.1, 0.15) is 0 Å². The zero-order valence-electron chi connectivity index (χ0n) is 8.36. The van der Waals surface area contributed by atoms with Crippen molar-refractivity contribution in [2.24, 2.45) is 0 Å². The average molecular weight is 346 g/mol. The van der Waals surface area contributed by atoms with E-state index >= 15 is 0 Å². The highest BCUT2D eigenvalue weighted by molar-refractivity contribution is 9.11. The summed E-state index contributed by atoms with van der Waals surface area (Å²) >= 11 is 6.82. The van der Waals surface area contributed by atoms with Crippen LogP contribution in [0.5, 0.6) is 0 Å². The van der Waals surface area contributed by atoms with E-state index in [0.29, 0.717) is 6.42 Å². The topological polar surface area (TPSA) is 33.4 Å². The largest absolute Gasteiger partial charge is 0.472 e. The van der Waals surface area contributed by atoms with E-state index in [-0.39, 0.29) is 0 Å². The highest BCUT2D eigenvalue weighted by atomic mass is 79.9. The Morgan fingerprint density at radius 1 is 1.25 bits per heavy atom. The van der Waals surface area contributed by atoms with Crippen LogP contribution in [0, 0.1) is 0 Å². The minimum atomic E-state index is -0.528. The van der Waals surface area contributed by atoms with Crippen molar-refractivity contribution < 1.29 is 9.52 Å². The molecule has 2 rings (SSSR count). The molecule has 2 aromatic rings. The number of halogens is 2. The number of aliphatic hydroxyl groups is 1. The molecule has 84 valence electrons. The molecule has 0 aliphatic rings. The molecule has 1 N–H and O–H groups in total. The van der Waals surface area contributed by atoms with E-state index in [2.05, 4.69) is 31.9 Å². The molecule has 1 heterocycles. The van der Waals surface area contributed by atoms with Gasteiger partial charge in [0.15, 0.2) is 0 Å². The molecule has 0 amide bonds. The monoisotopic (exact) mass is 344 g/mol. The van der Waals surface area contributed by atoms with Crippen LogP contribution in [0.25, 0.3) is 0 Å². The Balaban J connectivity index is 2.17. The van der Waals surface area contributed by atoms with Gasteiger partial charge in [-0.15, -0.1) is 0 Å². The predicted molar refractivity (Wildman–Crippen MR) is 69.2 cm³/mol. The fourth-order valence-corrected chi connectivity index (χ4v) is 2.83. The maximum absolute atomic E-state index is 10.1. The van der Waals surface area contributed by atoms with Crippen molar-refractivity contribution >= 4 is 31.9 Å². The first-order chi connectivity index (χ1) is 7.66. The van der Waals surface area contributed by atoms with Gasteiger partial charge in [-0.1, -0.05) is 37.9 Å². The molecular weight excluding hydrogens is 336 g/mol. The summed E-state index contributed by atoms with van der Waals surface area (Å²) in [6.07, 6.45) is 3.28. The molecule has 4 heteroatoms. The Labute approximate surface area is 111 Å². The van der Waals surface area contributed by atoms with Crippen molar-refractivity contribution in [2.75, 3.05) is 0 Å². The van der Waals surface area contributed by atoms with Gasteiger partial charge in [0.2, 0.25) is 0 Å². The number of hydrogen-bond donors (Lipinski definition) is 1. The van der Waals surface area contributed by atoms with E-state index in [0.717, 1.165) is 20.1 Å². The first-order valence-electron chi connectivity index (χ1n) is 4.81. The fourth-order valence-electron chi connectivity index (χ4n) is 1.51. The minimum absolute atomic E-state index is 0.528. The second kappa shape index (κ2) is 5.17. The summed E-state index contributed by atoms with van der Waals surface area (Å²) < 4.78 is 6.86. The molecule has 0 bridgehead atoms. The quantitative estimate of drug-likeness (QED) is 0.909. The lowest BCUT2D eigenvalue weighted by atomic mass is 10.0. The minimum Gasteiger partial charge on any atom is -0.472 e. The van der Waals surface area contributed by atoms with Crippen LogP contribution in [0.4, 0.5) is 0 Å². The highest BCUT2D eigenvalue weighted by Crippen LogP contribution is 2.28. The molecule has 16 heavy (non-hydrogen) atoms. The van der Waals surface area contributed by atoms with Crippen LogP contribution in [0.1, 0.15) is 17.2 Å². The Morgan fingerprint density at radius 2 is 2.06 bits per heavy atom. The summed E-state index contributed by atoms with van der Waals surface area (Å²) in [5, 5.41) is 10.1. The van der Waals surface area contributed by atoms with Crippen molar-refractivity contribution in [3.05, 3.63) is 56.9 Å². The first-order valence-corrected chi connectivity index (χ1v) is 6.39. The molecule has 1 atom stereocenters. The number of furan rings is 1. The van der Waals surface area contributed by atoms with Gasteiger partial charge in [0, 0.05) is 15.4 Å². The van der Waals surface area contributed by atoms with Crippen LogP contribution in [0.15, 0.2) is 50.2 Å². The van der Waals surface area contributed by atoms with Crippen molar-refractivity contribution in [3.63, 3.8) is 0 Å². The Kier molecular flexibility index (Phi) is 3.84. The predicted octanol–water partition coefficient (Wildman–Crippen LogP) is 4.08. The highest BCUT2D eigenvalue weighted by Gasteiger charge is 2.12. The van der Waals surface area contributed by atoms with Crippen LogP contribution in [0.2, 0.25) is 0 Å². The number of benzene rings is 1. The fraction of sp³-hybridized carbons (Fsp3) is 0.167. The molecule has 0 aliphatic heterocycles. The Morgan fingerprint density at radius 3 is 2.69 bits per heavy atom. The van der Waals surface area contributed by atoms with Crippen molar-refractivity contribution in [2.45, 2.75) is 12.5 Å². The molecule has 1 unspecified atom stereocenters. The summed E-state index contributed by atoms with van der Waals surface area (Å²) in [7, 11) is 0. The number of rotatable bonds is 3. The molecule has 0 aliphatic carbocycles. The summed E-state index contributed by atoms with van der Waals surface area (Å²) in [5.74, 6) is 0. The molecule has 2 nitrogen and oxygen atoms in total. The maximum Gasteiger partial charge on any atom is 0.0935 e. The summed E-state index contributed by atoms with van der Waals surface area (Å²) in [5.41, 5.74) is 1.87. The van der Waals surface area contributed by atoms with Crippen LogP contribution in [-0.2, 0) is 6.42 Å². The van der Waals surface area contributed by atoms with Gasteiger partial charge in [-0.3, -0.25) is 0 Å². The van der Waals surface area contributed by atoms with Gasteiger partial charge in [-0.05, 0) is 29.3 Å². The smallest absolute Gasteiger partial charge is 0.0935 e. The zero-order chi connectivity index (χ0) is 11.5. The van der Waals surface area contributed by atoms with Crippen LogP contribution >= 0.6 is 31.9 Å². The summed E-state index contributed by atoms with van der Waals surface area (Å²) in [4.78, 5) is 0. The number of hydrogen-bond acceptors (Lipinski definition) is 2. The summed E-state index contributed by atoms with van der Waals surface area (Å²) in [6.45, 7) is 0. The Hall–Kier alpha value is -0.580. The normalized spacial score (nSPS) is 12.7. The van der Waals surface area contributed by atoms with Crippen molar-refractivity contribution in [1.29, 1.82) is 0 Å². The van der Waals surface area contributed by atoms with Gasteiger partial charge < -0.3 is 9.52 Å². The van der Waals surface area contributed by atoms with Crippen LogP contribution in [0.3, 0.4) is 0 Å². The molecule has 0 radical (unpaired) electrons. The van der Waals surface area contributed by atoms with E-state index in [1.165, 1.54) is 0 Å². The first kappa shape index (κ1) is 11.9. The molecule has 1 aromatic heterocycles. The van der Waals surface area contributed by atoms with Crippen molar-refractivity contribution in [1.82, 2.24) is 0 Å². The molecular formula is C12H10Br2O2. The second-order valence-electron chi connectivity index (χ2n) is 3.52. The van der Waals surface area contributed by atoms with E-state index in [1.807, 2.05) is 24.3 Å². The lowest BCUT2D eigenvalue weighted by molar-refractivity contribution is 0.177. The SMILES string of the molecule is OC(Cc1ccoc1)c1ccc(Br)cc1Br. The van der Waals surface area contributed by atoms with E-state index < -0.39 is 6.10 Å². The van der Waals surface area contributed by atoms with E-state index in [1.54, 1.807) is 12.5 Å². The number of aliphatic hydroxyl groups excluding tert-OH is 1.